The molecule has 2 N–H and O–H groups in total. The van der Waals surface area contributed by atoms with Crippen molar-refractivity contribution in [2.24, 2.45) is 0 Å². The highest BCUT2D eigenvalue weighted by molar-refractivity contribution is 6.29. The summed E-state index contributed by atoms with van der Waals surface area (Å²) in [6.45, 7) is 7.29. The number of fused-ring (bicyclic) bond motifs is 1. The number of carboxylic acids is 1. The average Bonchev–Trinajstić information content (AvgIpc) is 2.94. The van der Waals surface area contributed by atoms with E-state index in [1.807, 2.05) is 31.7 Å². The first kappa shape index (κ1) is 27.9. The lowest BCUT2D eigenvalue weighted by Gasteiger charge is -2.41. The van der Waals surface area contributed by atoms with Gasteiger partial charge in [0.1, 0.15) is 22.7 Å². The van der Waals surface area contributed by atoms with Crippen molar-refractivity contribution in [2.45, 2.75) is 32.9 Å². The van der Waals surface area contributed by atoms with E-state index in [-0.39, 0.29) is 34.0 Å². The molecular formula is C29H27ClFN7O3. The summed E-state index contributed by atoms with van der Waals surface area (Å²) in [5.74, 6) is -1.25. The van der Waals surface area contributed by atoms with Crippen LogP contribution in [0.15, 0.2) is 53.5 Å². The molecular weight excluding hydrogens is 549 g/mol. The lowest BCUT2D eigenvalue weighted by Crippen LogP contribution is -2.53. The van der Waals surface area contributed by atoms with Crippen LogP contribution in [-0.4, -0.2) is 51.1 Å². The Balaban J connectivity index is 1.55. The molecule has 12 heteroatoms. The molecule has 0 radical (unpaired) electrons. The second kappa shape index (κ2) is 11.1. The number of hydrogen-bond donors (Lipinski definition) is 2. The molecule has 41 heavy (non-hydrogen) atoms. The van der Waals surface area contributed by atoms with E-state index in [0.29, 0.717) is 36.7 Å². The zero-order valence-corrected chi connectivity index (χ0v) is 23.4. The number of carbonyl (C=O) groups is 1. The number of piperazine rings is 1. The predicted molar refractivity (Wildman–Crippen MR) is 155 cm³/mol. The monoisotopic (exact) mass is 575 g/mol. The van der Waals surface area contributed by atoms with E-state index in [1.54, 1.807) is 18.3 Å². The minimum absolute atomic E-state index is 0.0529. The third-order valence-corrected chi connectivity index (χ3v) is 7.39. The number of anilines is 3. The molecule has 10 nitrogen and oxygen atoms in total. The Kier molecular flexibility index (Phi) is 7.51. The van der Waals surface area contributed by atoms with E-state index in [2.05, 4.69) is 21.3 Å². The number of aryl methyl sites for hydroxylation is 1. The van der Waals surface area contributed by atoms with E-state index in [1.165, 1.54) is 28.7 Å². The van der Waals surface area contributed by atoms with Gasteiger partial charge in [0.15, 0.2) is 17.1 Å². The molecule has 1 aromatic carbocycles. The fraction of sp³-hybridized carbons (Fsp3) is 0.276. The summed E-state index contributed by atoms with van der Waals surface area (Å²) in [4.78, 5) is 38.3. The number of aromatic nitrogens is 3. The molecule has 4 aromatic rings. The molecule has 4 heterocycles. The SMILES string of the molecule is Cc1cc([C@@H](C)Nc2ccc(Cl)nc2C(=O)O)c2nc(N3CCN(c4ccc(F)cc4)C[C@H]3C)c(C#N)c(=O)n2c1. The highest BCUT2D eigenvalue weighted by atomic mass is 35.5. The van der Waals surface area contributed by atoms with Crippen LogP contribution < -0.4 is 20.7 Å². The van der Waals surface area contributed by atoms with Crippen molar-refractivity contribution >= 4 is 40.4 Å². The maximum absolute atomic E-state index is 13.6. The van der Waals surface area contributed by atoms with E-state index < -0.39 is 17.6 Å². The van der Waals surface area contributed by atoms with Gasteiger partial charge in [-0.3, -0.25) is 9.20 Å². The number of pyridine rings is 2. The summed E-state index contributed by atoms with van der Waals surface area (Å²) in [5.41, 5.74) is 2.12. The Bertz CT molecular complexity index is 1750. The molecule has 0 saturated carbocycles. The molecule has 5 rings (SSSR count). The number of rotatable bonds is 6. The number of halogens is 2. The normalized spacial score (nSPS) is 16.0. The van der Waals surface area contributed by atoms with Gasteiger partial charge in [-0.05, 0) is 68.8 Å². The van der Waals surface area contributed by atoms with Crippen molar-refractivity contribution < 1.29 is 14.3 Å². The zero-order chi connectivity index (χ0) is 29.4. The Morgan fingerprint density at radius 1 is 1.22 bits per heavy atom. The first-order chi connectivity index (χ1) is 19.6. The summed E-state index contributed by atoms with van der Waals surface area (Å²) >= 11 is 5.91. The number of nitrogens with one attached hydrogen (secondary N) is 1. The van der Waals surface area contributed by atoms with Crippen LogP contribution in [0.2, 0.25) is 5.15 Å². The van der Waals surface area contributed by atoms with E-state index in [9.17, 15) is 24.3 Å². The van der Waals surface area contributed by atoms with Crippen LogP contribution in [-0.2, 0) is 0 Å². The largest absolute Gasteiger partial charge is 0.476 e. The average molecular weight is 576 g/mol. The molecule has 0 bridgehead atoms. The lowest BCUT2D eigenvalue weighted by atomic mass is 10.1. The summed E-state index contributed by atoms with van der Waals surface area (Å²) < 4.78 is 14.8. The smallest absolute Gasteiger partial charge is 0.356 e. The molecule has 0 aliphatic carbocycles. The molecule has 2 atom stereocenters. The molecule has 3 aromatic heterocycles. The number of carboxylic acid groups (broad SMARTS) is 1. The van der Waals surface area contributed by atoms with Crippen molar-refractivity contribution in [2.75, 3.05) is 34.8 Å². The van der Waals surface area contributed by atoms with Crippen LogP contribution >= 0.6 is 11.6 Å². The molecule has 0 spiro atoms. The summed E-state index contributed by atoms with van der Waals surface area (Å²) in [7, 11) is 0. The fourth-order valence-corrected chi connectivity index (χ4v) is 5.35. The van der Waals surface area contributed by atoms with Crippen molar-refractivity contribution in [3.05, 3.63) is 92.4 Å². The Hall–Kier alpha value is -4.69. The molecule has 1 saturated heterocycles. The third kappa shape index (κ3) is 5.38. The quantitative estimate of drug-likeness (QED) is 0.316. The Morgan fingerprint density at radius 2 is 1.95 bits per heavy atom. The number of hydrogen-bond acceptors (Lipinski definition) is 8. The number of benzene rings is 1. The van der Waals surface area contributed by atoms with Gasteiger partial charge in [-0.2, -0.15) is 5.26 Å². The van der Waals surface area contributed by atoms with E-state index in [4.69, 9.17) is 16.6 Å². The predicted octanol–water partition coefficient (Wildman–Crippen LogP) is 4.65. The van der Waals surface area contributed by atoms with Gasteiger partial charge in [-0.25, -0.2) is 19.2 Å². The zero-order valence-electron chi connectivity index (χ0n) is 22.6. The summed E-state index contributed by atoms with van der Waals surface area (Å²) in [5, 5.41) is 22.9. The van der Waals surface area contributed by atoms with Gasteiger partial charge in [0.25, 0.3) is 5.56 Å². The standard InChI is InChI=1S/C29H27ClFN7O3/c1-16-12-21(18(3)33-23-8-9-24(30)34-25(23)29(40)41)26-35-27(22(13-32)28(39)38(26)14-16)37-11-10-36(15-17(37)2)20-6-4-19(31)5-7-20/h4-9,12,14,17-18,33H,10-11,15H2,1-3H3,(H,40,41)/t17-,18-/m1/s1. The van der Waals surface area contributed by atoms with Gasteiger partial charge in [-0.1, -0.05) is 11.6 Å². The molecule has 1 aliphatic heterocycles. The van der Waals surface area contributed by atoms with Crippen LogP contribution in [0.1, 0.15) is 47.1 Å². The third-order valence-electron chi connectivity index (χ3n) is 7.18. The summed E-state index contributed by atoms with van der Waals surface area (Å²) in [6, 6.07) is 12.7. The van der Waals surface area contributed by atoms with Crippen molar-refractivity contribution in [1.82, 2.24) is 14.4 Å². The number of nitrogens with zero attached hydrogens (tertiary/aromatic N) is 6. The minimum atomic E-state index is -1.24. The molecule has 0 unspecified atom stereocenters. The minimum Gasteiger partial charge on any atom is -0.476 e. The second-order valence-electron chi connectivity index (χ2n) is 10.1. The van der Waals surface area contributed by atoms with Crippen LogP contribution in [0, 0.1) is 24.1 Å². The summed E-state index contributed by atoms with van der Waals surface area (Å²) in [6.07, 6.45) is 1.63. The highest BCUT2D eigenvalue weighted by Crippen LogP contribution is 2.29. The second-order valence-corrected chi connectivity index (χ2v) is 10.4. The molecule has 1 fully saturated rings. The Morgan fingerprint density at radius 3 is 2.61 bits per heavy atom. The van der Waals surface area contributed by atoms with Crippen molar-refractivity contribution in [1.29, 1.82) is 5.26 Å². The number of nitriles is 1. The number of aromatic carboxylic acids is 1. The van der Waals surface area contributed by atoms with Crippen molar-refractivity contribution in [3.8, 4) is 6.07 Å². The highest BCUT2D eigenvalue weighted by Gasteiger charge is 2.29. The van der Waals surface area contributed by atoms with Crippen LogP contribution in [0.3, 0.4) is 0 Å². The van der Waals surface area contributed by atoms with Gasteiger partial charge in [0, 0.05) is 43.1 Å². The molecule has 1 aliphatic rings. The van der Waals surface area contributed by atoms with E-state index >= 15 is 0 Å². The Labute approximate surface area is 240 Å². The van der Waals surface area contributed by atoms with Crippen molar-refractivity contribution in [3.63, 3.8) is 0 Å². The maximum atomic E-state index is 13.6. The molecule has 0 amide bonds. The first-order valence-electron chi connectivity index (χ1n) is 13.0. The van der Waals surface area contributed by atoms with Crippen LogP contribution in [0.5, 0.6) is 0 Å². The van der Waals surface area contributed by atoms with Gasteiger partial charge in [0.2, 0.25) is 0 Å². The van der Waals surface area contributed by atoms with Gasteiger partial charge in [-0.15, -0.1) is 0 Å². The maximum Gasteiger partial charge on any atom is 0.356 e. The van der Waals surface area contributed by atoms with Gasteiger partial charge < -0.3 is 20.2 Å². The lowest BCUT2D eigenvalue weighted by molar-refractivity contribution is 0.0691. The van der Waals surface area contributed by atoms with Crippen LogP contribution in [0.4, 0.5) is 21.6 Å². The van der Waals surface area contributed by atoms with E-state index in [0.717, 1.165) is 11.3 Å². The van der Waals surface area contributed by atoms with Crippen LogP contribution in [0.25, 0.3) is 5.65 Å². The first-order valence-corrected chi connectivity index (χ1v) is 13.4. The topological polar surface area (TPSA) is 127 Å². The fourth-order valence-electron chi connectivity index (χ4n) is 5.21. The van der Waals surface area contributed by atoms with Gasteiger partial charge >= 0.3 is 5.97 Å². The molecule has 210 valence electrons. The van der Waals surface area contributed by atoms with Gasteiger partial charge in [0.05, 0.1) is 11.7 Å².